The molecule has 2 aliphatic rings. The predicted octanol–water partition coefficient (Wildman–Crippen LogP) is 5.45. The molecule has 0 amide bonds. The molecule has 6 nitrogen and oxygen atoms in total. The van der Waals surface area contributed by atoms with Gasteiger partial charge in [0, 0.05) is 36.1 Å². The standard InChI is InChI=1S/C28H28N2O4/c1-18-26(31)21(17-30-13-4-3-7-24(30)20-6-5-12-29-16-20)15-23-27(32)25(34-28(18)23)14-19-8-10-22(33-2)11-9-19/h5-6,8-12,14-16,24,31H,3-4,7,13,17H2,1-2H3/b25-14-/t24-/m0/s1. The number of allylic oxidation sites excluding steroid dienone is 1. The van der Waals surface area contributed by atoms with Crippen LogP contribution in [-0.2, 0) is 6.54 Å². The Kier molecular flexibility index (Phi) is 6.07. The SMILES string of the molecule is COc1ccc(/C=C2\Oc3c(cc(CN4CCCC[C@H]4c4cccnc4)c(O)c3C)C2=O)cc1. The van der Waals surface area contributed by atoms with Gasteiger partial charge in [0.2, 0.25) is 5.78 Å². The van der Waals surface area contributed by atoms with Gasteiger partial charge in [-0.05, 0) is 67.8 Å². The first-order valence-electron chi connectivity index (χ1n) is 11.6. The third-order valence-electron chi connectivity index (χ3n) is 6.71. The maximum absolute atomic E-state index is 13.2. The number of likely N-dealkylation sites (tertiary alicyclic amines) is 1. The van der Waals surface area contributed by atoms with E-state index in [4.69, 9.17) is 9.47 Å². The zero-order chi connectivity index (χ0) is 23.7. The highest BCUT2D eigenvalue weighted by Gasteiger charge is 2.33. The van der Waals surface area contributed by atoms with Crippen LogP contribution in [0.2, 0.25) is 0 Å². The maximum atomic E-state index is 13.2. The maximum Gasteiger partial charge on any atom is 0.231 e. The number of piperidine rings is 1. The van der Waals surface area contributed by atoms with Crippen molar-refractivity contribution >= 4 is 11.9 Å². The molecular formula is C28H28N2O4. The molecular weight excluding hydrogens is 428 g/mol. The Bertz CT molecular complexity index is 1240. The van der Waals surface area contributed by atoms with Crippen LogP contribution < -0.4 is 9.47 Å². The van der Waals surface area contributed by atoms with E-state index in [1.165, 1.54) is 5.56 Å². The first-order valence-corrected chi connectivity index (χ1v) is 11.6. The van der Waals surface area contributed by atoms with Gasteiger partial charge >= 0.3 is 0 Å². The number of phenols is 1. The number of carbonyl (C=O) groups excluding carboxylic acids is 1. The lowest BCUT2D eigenvalue weighted by molar-refractivity contribution is 0.101. The van der Waals surface area contributed by atoms with E-state index < -0.39 is 0 Å². The van der Waals surface area contributed by atoms with E-state index >= 15 is 0 Å². The predicted molar refractivity (Wildman–Crippen MR) is 130 cm³/mol. The molecule has 0 radical (unpaired) electrons. The fraction of sp³-hybridized carbons (Fsp3) is 0.286. The molecule has 0 aliphatic carbocycles. The number of phenolic OH excluding ortho intramolecular Hbond substituents is 1. The highest BCUT2D eigenvalue weighted by Crippen LogP contribution is 2.42. The van der Waals surface area contributed by atoms with E-state index in [2.05, 4.69) is 16.0 Å². The number of methoxy groups -OCH3 is 1. The highest BCUT2D eigenvalue weighted by atomic mass is 16.5. The number of carbonyl (C=O) groups is 1. The molecule has 0 saturated carbocycles. The molecule has 1 saturated heterocycles. The fourth-order valence-corrected chi connectivity index (χ4v) is 4.86. The highest BCUT2D eigenvalue weighted by molar-refractivity contribution is 6.15. The summed E-state index contributed by atoms with van der Waals surface area (Å²) in [7, 11) is 1.61. The van der Waals surface area contributed by atoms with Crippen LogP contribution in [0.5, 0.6) is 17.2 Å². The Balaban J connectivity index is 1.43. The summed E-state index contributed by atoms with van der Waals surface area (Å²) in [6.45, 7) is 3.29. The molecule has 6 heteroatoms. The molecule has 2 aliphatic heterocycles. The Morgan fingerprint density at radius 3 is 2.79 bits per heavy atom. The van der Waals surface area contributed by atoms with Crippen LogP contribution in [0.4, 0.5) is 0 Å². The van der Waals surface area contributed by atoms with Crippen molar-refractivity contribution in [2.45, 2.75) is 38.8 Å². The second-order valence-electron chi connectivity index (χ2n) is 8.87. The molecule has 1 fully saturated rings. The molecule has 3 aromatic rings. The Morgan fingerprint density at radius 2 is 2.06 bits per heavy atom. The number of benzene rings is 2. The zero-order valence-corrected chi connectivity index (χ0v) is 19.5. The molecule has 3 heterocycles. The topological polar surface area (TPSA) is 71.9 Å². The van der Waals surface area contributed by atoms with Crippen LogP contribution in [-0.4, -0.2) is 34.4 Å². The Hall–Kier alpha value is -3.64. The van der Waals surface area contributed by atoms with E-state index in [-0.39, 0.29) is 23.3 Å². The van der Waals surface area contributed by atoms with E-state index in [9.17, 15) is 9.90 Å². The molecule has 0 unspecified atom stereocenters. The van der Waals surface area contributed by atoms with Crippen LogP contribution in [0.25, 0.3) is 6.08 Å². The van der Waals surface area contributed by atoms with Crippen molar-refractivity contribution in [3.8, 4) is 17.2 Å². The molecule has 1 atom stereocenters. The van der Waals surface area contributed by atoms with Gasteiger partial charge < -0.3 is 14.6 Å². The number of nitrogens with zero attached hydrogens (tertiary/aromatic N) is 2. The smallest absolute Gasteiger partial charge is 0.231 e. The minimum Gasteiger partial charge on any atom is -0.507 e. The summed E-state index contributed by atoms with van der Waals surface area (Å²) >= 11 is 0. The summed E-state index contributed by atoms with van der Waals surface area (Å²) in [6.07, 6.45) is 8.75. The van der Waals surface area contributed by atoms with Crippen LogP contribution in [0.15, 0.2) is 60.6 Å². The quantitative estimate of drug-likeness (QED) is 0.515. The molecule has 0 spiro atoms. The number of Topliss-reactive ketones (excluding diaryl/α,β-unsaturated/α-hetero) is 1. The van der Waals surface area contributed by atoms with Crippen LogP contribution in [0.3, 0.4) is 0 Å². The van der Waals surface area contributed by atoms with E-state index in [1.54, 1.807) is 32.4 Å². The summed E-state index contributed by atoms with van der Waals surface area (Å²) in [5.41, 5.74) is 3.86. The molecule has 174 valence electrons. The Labute approximate surface area is 199 Å². The van der Waals surface area contributed by atoms with Gasteiger partial charge in [0.05, 0.1) is 12.7 Å². The average molecular weight is 457 g/mol. The summed E-state index contributed by atoms with van der Waals surface area (Å²) in [5, 5.41) is 11.0. The van der Waals surface area contributed by atoms with Gasteiger partial charge in [0.25, 0.3) is 0 Å². The van der Waals surface area contributed by atoms with Gasteiger partial charge in [0.1, 0.15) is 17.2 Å². The number of fused-ring (bicyclic) bond motifs is 1. The minimum absolute atomic E-state index is 0.169. The van der Waals surface area contributed by atoms with Gasteiger partial charge in [-0.15, -0.1) is 0 Å². The van der Waals surface area contributed by atoms with Crippen molar-refractivity contribution in [1.29, 1.82) is 0 Å². The summed E-state index contributed by atoms with van der Waals surface area (Å²) < 4.78 is 11.1. The molecule has 2 aromatic carbocycles. The molecule has 1 N–H and O–H groups in total. The summed E-state index contributed by atoms with van der Waals surface area (Å²) in [4.78, 5) is 19.9. The summed E-state index contributed by atoms with van der Waals surface area (Å²) in [5.74, 6) is 1.46. The van der Waals surface area contributed by atoms with Crippen LogP contribution in [0, 0.1) is 6.92 Å². The van der Waals surface area contributed by atoms with Crippen molar-refractivity contribution in [2.24, 2.45) is 0 Å². The van der Waals surface area contributed by atoms with Crippen LogP contribution >= 0.6 is 0 Å². The van der Waals surface area contributed by atoms with E-state index in [0.29, 0.717) is 23.4 Å². The molecule has 5 rings (SSSR count). The molecule has 34 heavy (non-hydrogen) atoms. The van der Waals surface area contributed by atoms with Crippen molar-refractivity contribution in [1.82, 2.24) is 9.88 Å². The van der Waals surface area contributed by atoms with Crippen molar-refractivity contribution in [2.75, 3.05) is 13.7 Å². The van der Waals surface area contributed by atoms with Gasteiger partial charge in [-0.1, -0.05) is 24.6 Å². The minimum atomic E-state index is -0.169. The first-order chi connectivity index (χ1) is 16.5. The number of hydrogen-bond donors (Lipinski definition) is 1. The number of hydrogen-bond acceptors (Lipinski definition) is 6. The monoisotopic (exact) mass is 456 g/mol. The Morgan fingerprint density at radius 1 is 1.24 bits per heavy atom. The number of pyridine rings is 1. The van der Waals surface area contributed by atoms with Crippen molar-refractivity contribution < 1.29 is 19.4 Å². The zero-order valence-electron chi connectivity index (χ0n) is 19.5. The normalized spacial score (nSPS) is 19.2. The van der Waals surface area contributed by atoms with Gasteiger partial charge in [-0.3, -0.25) is 14.7 Å². The van der Waals surface area contributed by atoms with Gasteiger partial charge in [-0.2, -0.15) is 0 Å². The second kappa shape index (κ2) is 9.31. The number of rotatable bonds is 5. The fourth-order valence-electron chi connectivity index (χ4n) is 4.86. The van der Waals surface area contributed by atoms with Gasteiger partial charge in [-0.25, -0.2) is 0 Å². The third-order valence-corrected chi connectivity index (χ3v) is 6.71. The number of ketones is 1. The number of aromatic hydroxyl groups is 1. The third kappa shape index (κ3) is 4.17. The van der Waals surface area contributed by atoms with Crippen molar-refractivity contribution in [3.63, 3.8) is 0 Å². The lowest BCUT2D eigenvalue weighted by Gasteiger charge is -2.36. The molecule has 1 aromatic heterocycles. The summed E-state index contributed by atoms with van der Waals surface area (Å²) in [6, 6.07) is 13.5. The van der Waals surface area contributed by atoms with E-state index in [1.807, 2.05) is 36.5 Å². The number of aromatic nitrogens is 1. The molecule has 0 bridgehead atoms. The van der Waals surface area contributed by atoms with Crippen LogP contribution in [0.1, 0.15) is 57.9 Å². The number of ether oxygens (including phenoxy) is 2. The average Bonchev–Trinajstić information content (AvgIpc) is 3.18. The largest absolute Gasteiger partial charge is 0.507 e. The lowest BCUT2D eigenvalue weighted by atomic mass is 9.94. The lowest BCUT2D eigenvalue weighted by Crippen LogP contribution is -2.33. The van der Waals surface area contributed by atoms with Crippen molar-refractivity contribution in [3.05, 3.63) is 88.4 Å². The van der Waals surface area contributed by atoms with Gasteiger partial charge in [0.15, 0.2) is 5.76 Å². The first kappa shape index (κ1) is 22.2. The van der Waals surface area contributed by atoms with E-state index in [0.717, 1.165) is 42.7 Å². The second-order valence-corrected chi connectivity index (χ2v) is 8.87.